The highest BCUT2D eigenvalue weighted by Crippen LogP contribution is 2.19. The fraction of sp³-hybridized carbons (Fsp3) is 1.00. The van der Waals surface area contributed by atoms with Crippen molar-refractivity contribution in [1.82, 2.24) is 0 Å². The van der Waals surface area contributed by atoms with Gasteiger partial charge in [0.1, 0.15) is 0 Å². The van der Waals surface area contributed by atoms with Gasteiger partial charge < -0.3 is 0 Å². The molecule has 0 aromatic heterocycles. The van der Waals surface area contributed by atoms with Crippen LogP contribution in [0.5, 0.6) is 0 Å². The van der Waals surface area contributed by atoms with Crippen molar-refractivity contribution in [1.29, 1.82) is 0 Å². The first-order valence-corrected chi connectivity index (χ1v) is 4.94. The minimum atomic E-state index is 0.630. The van der Waals surface area contributed by atoms with Crippen molar-refractivity contribution in [3.63, 3.8) is 0 Å². The Hall–Kier alpha value is 0.350. The van der Waals surface area contributed by atoms with Crippen molar-refractivity contribution in [2.24, 2.45) is 5.92 Å². The normalized spacial score (nSPS) is 14.1. The van der Waals surface area contributed by atoms with E-state index < -0.39 is 0 Å². The molecule has 0 radical (unpaired) electrons. The molecule has 0 spiro atoms. The van der Waals surface area contributed by atoms with E-state index in [-0.39, 0.29) is 0 Å². The molecule has 0 aromatic carbocycles. The minimum absolute atomic E-state index is 0.630. The average Bonchev–Trinajstić information content (AvgIpc) is 1.99. The van der Waals surface area contributed by atoms with Gasteiger partial charge in [-0.1, -0.05) is 33.6 Å². The summed E-state index contributed by atoms with van der Waals surface area (Å²) in [5.74, 6) is 0.905. The summed E-state index contributed by atoms with van der Waals surface area (Å²) in [6.07, 6.45) is 5.13. The van der Waals surface area contributed by atoms with Crippen LogP contribution in [0.1, 0.15) is 46.5 Å². The second-order valence-corrected chi connectivity index (χ2v) is 3.71. The molecule has 0 saturated carbocycles. The number of hydrogen-bond donors (Lipinski definition) is 1. The molecule has 1 atom stereocenters. The molecule has 0 rings (SSSR count). The molecule has 0 nitrogen and oxygen atoms in total. The third-order valence-corrected chi connectivity index (χ3v) is 2.81. The number of rotatable bonds is 5. The van der Waals surface area contributed by atoms with Crippen LogP contribution in [0.3, 0.4) is 0 Å². The van der Waals surface area contributed by atoms with E-state index in [0.29, 0.717) is 5.25 Å². The highest BCUT2D eigenvalue weighted by atomic mass is 32.1. The lowest BCUT2D eigenvalue weighted by Gasteiger charge is -2.15. The van der Waals surface area contributed by atoms with E-state index in [1.54, 1.807) is 0 Å². The molecule has 0 aliphatic rings. The van der Waals surface area contributed by atoms with E-state index >= 15 is 0 Å². The van der Waals surface area contributed by atoms with Crippen LogP contribution in [0.15, 0.2) is 0 Å². The van der Waals surface area contributed by atoms with E-state index in [9.17, 15) is 0 Å². The van der Waals surface area contributed by atoms with Gasteiger partial charge in [-0.25, -0.2) is 0 Å². The van der Waals surface area contributed by atoms with Crippen molar-refractivity contribution in [2.75, 3.05) is 0 Å². The highest BCUT2D eigenvalue weighted by molar-refractivity contribution is 7.80. The lowest BCUT2D eigenvalue weighted by molar-refractivity contribution is 0.446. The van der Waals surface area contributed by atoms with Gasteiger partial charge in [-0.05, 0) is 18.8 Å². The largest absolute Gasteiger partial charge is 0.176 e. The van der Waals surface area contributed by atoms with Gasteiger partial charge in [0.15, 0.2) is 0 Å². The fourth-order valence-corrected chi connectivity index (χ4v) is 1.47. The Bertz CT molecular complexity index is 67.1. The van der Waals surface area contributed by atoms with Crippen molar-refractivity contribution in [3.05, 3.63) is 0 Å². The van der Waals surface area contributed by atoms with E-state index in [2.05, 4.69) is 33.4 Å². The summed E-state index contributed by atoms with van der Waals surface area (Å²) in [6.45, 7) is 6.74. The molecule has 0 N–H and O–H groups in total. The SMILES string of the molecule is CCC(S)CC(CC)CC. The number of hydrogen-bond acceptors (Lipinski definition) is 1. The molecule has 1 heteroatoms. The summed E-state index contributed by atoms with van der Waals surface area (Å²) < 4.78 is 0. The van der Waals surface area contributed by atoms with Gasteiger partial charge in [0.25, 0.3) is 0 Å². The summed E-state index contributed by atoms with van der Waals surface area (Å²) in [6, 6.07) is 0. The maximum absolute atomic E-state index is 4.48. The van der Waals surface area contributed by atoms with Gasteiger partial charge in [-0.2, -0.15) is 12.6 Å². The zero-order valence-electron chi connectivity index (χ0n) is 7.43. The summed E-state index contributed by atoms with van der Waals surface area (Å²) in [5, 5.41) is 0.630. The predicted octanol–water partition coefficient (Wildman–Crippen LogP) is 3.52. The Morgan fingerprint density at radius 2 is 1.50 bits per heavy atom. The molecule has 0 aliphatic carbocycles. The highest BCUT2D eigenvalue weighted by Gasteiger charge is 2.07. The van der Waals surface area contributed by atoms with Gasteiger partial charge in [-0.3, -0.25) is 0 Å². The second-order valence-electron chi connectivity index (χ2n) is 2.98. The monoisotopic (exact) mass is 160 g/mol. The molecule has 0 bridgehead atoms. The second kappa shape index (κ2) is 6.09. The van der Waals surface area contributed by atoms with Crippen LogP contribution in [0.4, 0.5) is 0 Å². The van der Waals surface area contributed by atoms with E-state index in [1.807, 2.05) is 0 Å². The van der Waals surface area contributed by atoms with Crippen LogP contribution in [-0.2, 0) is 0 Å². The molecule has 0 fully saturated rings. The lowest BCUT2D eigenvalue weighted by atomic mass is 9.97. The predicted molar refractivity (Wildman–Crippen MR) is 51.8 cm³/mol. The molecule has 10 heavy (non-hydrogen) atoms. The Balaban J connectivity index is 3.41. The molecule has 62 valence electrons. The molecule has 0 heterocycles. The summed E-state index contributed by atoms with van der Waals surface area (Å²) >= 11 is 4.48. The first kappa shape index (κ1) is 10.3. The van der Waals surface area contributed by atoms with Gasteiger partial charge >= 0.3 is 0 Å². The Morgan fingerprint density at radius 1 is 1.00 bits per heavy atom. The summed E-state index contributed by atoms with van der Waals surface area (Å²) in [7, 11) is 0. The van der Waals surface area contributed by atoms with E-state index in [0.717, 1.165) is 5.92 Å². The number of thiol groups is 1. The van der Waals surface area contributed by atoms with Crippen LogP contribution in [0, 0.1) is 5.92 Å². The fourth-order valence-electron chi connectivity index (χ4n) is 1.17. The van der Waals surface area contributed by atoms with Crippen LogP contribution in [-0.4, -0.2) is 5.25 Å². The van der Waals surface area contributed by atoms with Crippen LogP contribution in [0.25, 0.3) is 0 Å². The average molecular weight is 160 g/mol. The lowest BCUT2D eigenvalue weighted by Crippen LogP contribution is -2.05. The van der Waals surface area contributed by atoms with Crippen molar-refractivity contribution in [2.45, 2.75) is 51.7 Å². The molecule has 1 unspecified atom stereocenters. The maximum Gasteiger partial charge on any atom is 0.00168 e. The van der Waals surface area contributed by atoms with Crippen LogP contribution >= 0.6 is 12.6 Å². The zero-order valence-corrected chi connectivity index (χ0v) is 8.32. The standard InChI is InChI=1S/C9H20S/c1-4-8(5-2)7-9(10)6-3/h8-10H,4-7H2,1-3H3. The summed E-state index contributed by atoms with van der Waals surface area (Å²) in [4.78, 5) is 0. The molecular formula is C9H20S. The Labute approximate surface area is 70.8 Å². The van der Waals surface area contributed by atoms with E-state index in [4.69, 9.17) is 0 Å². The quantitative estimate of drug-likeness (QED) is 0.584. The molecule has 0 aromatic rings. The van der Waals surface area contributed by atoms with Gasteiger partial charge in [0.05, 0.1) is 0 Å². The molecule has 0 aliphatic heterocycles. The first-order chi connectivity index (χ1) is 4.74. The van der Waals surface area contributed by atoms with Crippen molar-refractivity contribution < 1.29 is 0 Å². The Kier molecular flexibility index (Phi) is 6.30. The first-order valence-electron chi connectivity index (χ1n) is 4.42. The summed E-state index contributed by atoms with van der Waals surface area (Å²) in [5.41, 5.74) is 0. The third kappa shape index (κ3) is 4.21. The minimum Gasteiger partial charge on any atom is -0.176 e. The Morgan fingerprint density at radius 3 is 1.80 bits per heavy atom. The van der Waals surface area contributed by atoms with Gasteiger partial charge in [0, 0.05) is 5.25 Å². The van der Waals surface area contributed by atoms with E-state index in [1.165, 1.54) is 25.7 Å². The van der Waals surface area contributed by atoms with Crippen molar-refractivity contribution in [3.8, 4) is 0 Å². The smallest absolute Gasteiger partial charge is 0.00168 e. The van der Waals surface area contributed by atoms with Gasteiger partial charge in [0.2, 0.25) is 0 Å². The van der Waals surface area contributed by atoms with Gasteiger partial charge in [-0.15, -0.1) is 0 Å². The van der Waals surface area contributed by atoms with Crippen LogP contribution in [0.2, 0.25) is 0 Å². The maximum atomic E-state index is 4.48. The third-order valence-electron chi connectivity index (χ3n) is 2.23. The zero-order chi connectivity index (χ0) is 7.98. The van der Waals surface area contributed by atoms with Crippen molar-refractivity contribution >= 4 is 12.6 Å². The molecular weight excluding hydrogens is 140 g/mol. The topological polar surface area (TPSA) is 0 Å². The van der Waals surface area contributed by atoms with Crippen LogP contribution < -0.4 is 0 Å². The molecule has 0 amide bonds. The molecule has 0 saturated heterocycles.